The van der Waals surface area contributed by atoms with Crippen LogP contribution in [-0.2, 0) is 10.0 Å². The Balaban J connectivity index is 2.25. The topological polar surface area (TPSA) is 46.2 Å². The van der Waals surface area contributed by atoms with Crippen LogP contribution in [0.4, 0.5) is 0 Å². The van der Waals surface area contributed by atoms with Crippen molar-refractivity contribution < 1.29 is 8.42 Å². The Hall–Kier alpha value is -1.36. The zero-order valence-corrected chi connectivity index (χ0v) is 13.8. The third-order valence-corrected chi connectivity index (χ3v) is 5.16. The minimum Gasteiger partial charge on any atom is -0.207 e. The molecule has 0 aliphatic carbocycles. The minimum atomic E-state index is -3.56. The third-order valence-electron chi connectivity index (χ3n) is 3.35. The van der Waals surface area contributed by atoms with Crippen LogP contribution in [-0.4, -0.2) is 8.42 Å². The molecule has 0 spiro atoms. The van der Waals surface area contributed by atoms with Crippen molar-refractivity contribution in [1.29, 1.82) is 0 Å². The SMILES string of the molecule is Cc1ccc(C(C)NS(=O)(=O)c2ccc(Cl)cc2)c(C)c1. The summed E-state index contributed by atoms with van der Waals surface area (Å²) >= 11 is 5.78. The lowest BCUT2D eigenvalue weighted by atomic mass is 10.0. The van der Waals surface area contributed by atoms with Gasteiger partial charge in [-0.15, -0.1) is 0 Å². The lowest BCUT2D eigenvalue weighted by Crippen LogP contribution is -2.27. The van der Waals surface area contributed by atoms with Crippen molar-refractivity contribution >= 4 is 21.6 Å². The maximum absolute atomic E-state index is 12.4. The first kappa shape index (κ1) is 16.0. The highest BCUT2D eigenvalue weighted by Gasteiger charge is 2.19. The van der Waals surface area contributed by atoms with Crippen LogP contribution >= 0.6 is 11.6 Å². The summed E-state index contributed by atoms with van der Waals surface area (Å²) in [4.78, 5) is 0.212. The largest absolute Gasteiger partial charge is 0.241 e. The first-order chi connectivity index (χ1) is 9.79. The maximum atomic E-state index is 12.4. The molecule has 21 heavy (non-hydrogen) atoms. The summed E-state index contributed by atoms with van der Waals surface area (Å²) in [7, 11) is -3.56. The predicted octanol–water partition coefficient (Wildman–Crippen LogP) is 4.00. The van der Waals surface area contributed by atoms with Gasteiger partial charge in [-0.2, -0.15) is 0 Å². The molecular weight excluding hydrogens is 306 g/mol. The molecule has 3 nitrogen and oxygen atoms in total. The number of benzene rings is 2. The molecule has 0 saturated heterocycles. The van der Waals surface area contributed by atoms with Crippen LogP contribution in [0.3, 0.4) is 0 Å². The van der Waals surface area contributed by atoms with Gasteiger partial charge in [0.25, 0.3) is 0 Å². The molecule has 0 aliphatic rings. The zero-order valence-electron chi connectivity index (χ0n) is 12.2. The summed E-state index contributed by atoms with van der Waals surface area (Å²) in [6.45, 7) is 5.83. The number of aryl methyl sites for hydroxylation is 2. The van der Waals surface area contributed by atoms with Gasteiger partial charge in [-0.25, -0.2) is 13.1 Å². The van der Waals surface area contributed by atoms with Crippen LogP contribution in [0.25, 0.3) is 0 Å². The molecule has 0 amide bonds. The summed E-state index contributed by atoms with van der Waals surface area (Å²) < 4.78 is 27.4. The highest BCUT2D eigenvalue weighted by molar-refractivity contribution is 7.89. The summed E-state index contributed by atoms with van der Waals surface area (Å²) in [6, 6.07) is 11.8. The van der Waals surface area contributed by atoms with E-state index in [1.807, 2.05) is 39.0 Å². The Morgan fingerprint density at radius 2 is 1.67 bits per heavy atom. The monoisotopic (exact) mass is 323 g/mol. The molecule has 1 unspecified atom stereocenters. The van der Waals surface area contributed by atoms with E-state index in [1.54, 1.807) is 12.1 Å². The average molecular weight is 324 g/mol. The number of sulfonamides is 1. The van der Waals surface area contributed by atoms with Gasteiger partial charge in [0.1, 0.15) is 0 Å². The molecule has 5 heteroatoms. The molecule has 2 rings (SSSR count). The standard InChI is InChI=1S/C16H18ClNO2S/c1-11-4-9-16(12(2)10-11)13(3)18-21(19,20)15-7-5-14(17)6-8-15/h4-10,13,18H,1-3H3. The van der Waals surface area contributed by atoms with E-state index in [4.69, 9.17) is 11.6 Å². The van der Waals surface area contributed by atoms with Gasteiger partial charge in [0.2, 0.25) is 10.0 Å². The molecule has 2 aromatic carbocycles. The van der Waals surface area contributed by atoms with Crippen molar-refractivity contribution in [2.75, 3.05) is 0 Å². The number of hydrogen-bond donors (Lipinski definition) is 1. The van der Waals surface area contributed by atoms with Crippen molar-refractivity contribution in [2.24, 2.45) is 0 Å². The maximum Gasteiger partial charge on any atom is 0.241 e. The van der Waals surface area contributed by atoms with Crippen LogP contribution in [0, 0.1) is 13.8 Å². The first-order valence-electron chi connectivity index (χ1n) is 6.64. The summed E-state index contributed by atoms with van der Waals surface area (Å²) in [5.41, 5.74) is 3.20. The molecule has 0 heterocycles. The normalized spacial score (nSPS) is 13.1. The number of hydrogen-bond acceptors (Lipinski definition) is 2. The third kappa shape index (κ3) is 3.84. The molecule has 0 saturated carbocycles. The van der Waals surface area contributed by atoms with E-state index in [-0.39, 0.29) is 10.9 Å². The smallest absolute Gasteiger partial charge is 0.207 e. The summed E-state index contributed by atoms with van der Waals surface area (Å²) in [5.74, 6) is 0. The molecular formula is C16H18ClNO2S. The lowest BCUT2D eigenvalue weighted by Gasteiger charge is -2.17. The van der Waals surface area contributed by atoms with E-state index in [0.29, 0.717) is 5.02 Å². The summed E-state index contributed by atoms with van der Waals surface area (Å²) in [5, 5.41) is 0.511. The highest BCUT2D eigenvalue weighted by Crippen LogP contribution is 2.21. The number of nitrogens with one attached hydrogen (secondary N) is 1. The number of halogens is 1. The van der Waals surface area contributed by atoms with Gasteiger partial charge >= 0.3 is 0 Å². The van der Waals surface area contributed by atoms with Gasteiger partial charge < -0.3 is 0 Å². The van der Waals surface area contributed by atoms with Gasteiger partial charge in [0, 0.05) is 11.1 Å². The molecule has 0 aliphatic heterocycles. The molecule has 0 aromatic heterocycles. The van der Waals surface area contributed by atoms with Crippen LogP contribution in [0.5, 0.6) is 0 Å². The molecule has 112 valence electrons. The first-order valence-corrected chi connectivity index (χ1v) is 8.51. The van der Waals surface area contributed by atoms with Crippen molar-refractivity contribution in [3.8, 4) is 0 Å². The van der Waals surface area contributed by atoms with E-state index < -0.39 is 10.0 Å². The number of rotatable bonds is 4. The molecule has 0 radical (unpaired) electrons. The van der Waals surface area contributed by atoms with E-state index in [9.17, 15) is 8.42 Å². The van der Waals surface area contributed by atoms with Gasteiger partial charge in [0.05, 0.1) is 4.90 Å². The minimum absolute atomic E-state index is 0.212. The van der Waals surface area contributed by atoms with Crippen LogP contribution in [0.15, 0.2) is 47.4 Å². The fourth-order valence-electron chi connectivity index (χ4n) is 2.29. The molecule has 0 fully saturated rings. The van der Waals surface area contributed by atoms with E-state index >= 15 is 0 Å². The molecule has 1 atom stereocenters. The average Bonchev–Trinajstić information content (AvgIpc) is 2.38. The second kappa shape index (κ2) is 6.18. The Bertz CT molecular complexity index is 739. The van der Waals surface area contributed by atoms with Crippen molar-refractivity contribution in [3.05, 3.63) is 64.2 Å². The Morgan fingerprint density at radius 3 is 2.24 bits per heavy atom. The van der Waals surface area contributed by atoms with Gasteiger partial charge in [0.15, 0.2) is 0 Å². The zero-order chi connectivity index (χ0) is 15.6. The van der Waals surface area contributed by atoms with E-state index in [2.05, 4.69) is 4.72 Å². The van der Waals surface area contributed by atoms with Crippen LogP contribution in [0.1, 0.15) is 29.7 Å². The highest BCUT2D eigenvalue weighted by atomic mass is 35.5. The van der Waals surface area contributed by atoms with Crippen LogP contribution in [0.2, 0.25) is 5.02 Å². The van der Waals surface area contributed by atoms with E-state index in [0.717, 1.165) is 16.7 Å². The lowest BCUT2D eigenvalue weighted by molar-refractivity contribution is 0.566. The van der Waals surface area contributed by atoms with Crippen molar-refractivity contribution in [3.63, 3.8) is 0 Å². The second-order valence-corrected chi connectivity index (χ2v) is 7.31. The van der Waals surface area contributed by atoms with Gasteiger partial charge in [-0.05, 0) is 56.2 Å². The Kier molecular flexibility index (Phi) is 4.71. The van der Waals surface area contributed by atoms with Crippen molar-refractivity contribution in [1.82, 2.24) is 4.72 Å². The molecule has 1 N–H and O–H groups in total. The molecule has 0 bridgehead atoms. The fraction of sp³-hybridized carbons (Fsp3) is 0.250. The Morgan fingerprint density at radius 1 is 1.05 bits per heavy atom. The fourth-order valence-corrected chi connectivity index (χ4v) is 3.64. The molecule has 2 aromatic rings. The van der Waals surface area contributed by atoms with Crippen LogP contribution < -0.4 is 4.72 Å². The Labute approximate surface area is 131 Å². The second-order valence-electron chi connectivity index (χ2n) is 5.16. The van der Waals surface area contributed by atoms with Crippen molar-refractivity contribution in [2.45, 2.75) is 31.7 Å². The predicted molar refractivity (Wildman–Crippen MR) is 86.1 cm³/mol. The van der Waals surface area contributed by atoms with E-state index in [1.165, 1.54) is 12.1 Å². The quantitative estimate of drug-likeness (QED) is 0.924. The van der Waals surface area contributed by atoms with Gasteiger partial charge in [-0.3, -0.25) is 0 Å². The summed E-state index contributed by atoms with van der Waals surface area (Å²) in [6.07, 6.45) is 0. The van der Waals surface area contributed by atoms with Gasteiger partial charge in [-0.1, -0.05) is 35.4 Å².